The number of unbranched alkanes of at least 4 members (excludes halogenated alkanes) is 1. The van der Waals surface area contributed by atoms with Gasteiger partial charge in [0, 0.05) is 19.2 Å². The SMILES string of the molecule is COc1ccccc1CCCCNC(=O)CCS(C)(=O)=O. The lowest BCUT2D eigenvalue weighted by Crippen LogP contribution is -2.26. The maximum absolute atomic E-state index is 11.4. The first-order valence-corrected chi connectivity index (χ1v) is 9.05. The van der Waals surface area contributed by atoms with Gasteiger partial charge in [0.25, 0.3) is 0 Å². The van der Waals surface area contributed by atoms with E-state index in [0.717, 1.165) is 36.8 Å². The summed E-state index contributed by atoms with van der Waals surface area (Å²) in [6, 6.07) is 7.88. The number of sulfone groups is 1. The Balaban J connectivity index is 2.18. The number of amides is 1. The standard InChI is InChI=1S/C15H23NO4S/c1-20-14-9-4-3-7-13(14)8-5-6-11-16-15(17)10-12-21(2,18)19/h3-4,7,9H,5-6,8,10-12H2,1-2H3,(H,16,17). The van der Waals surface area contributed by atoms with Gasteiger partial charge in [0.1, 0.15) is 15.6 Å². The van der Waals surface area contributed by atoms with E-state index in [1.54, 1.807) is 7.11 Å². The van der Waals surface area contributed by atoms with Crippen LogP contribution < -0.4 is 10.1 Å². The molecule has 0 saturated heterocycles. The Morgan fingerprint density at radius 2 is 1.95 bits per heavy atom. The highest BCUT2D eigenvalue weighted by Gasteiger charge is 2.07. The van der Waals surface area contributed by atoms with E-state index in [0.29, 0.717) is 6.54 Å². The van der Waals surface area contributed by atoms with E-state index in [-0.39, 0.29) is 18.1 Å². The number of hydrogen-bond acceptors (Lipinski definition) is 4. The van der Waals surface area contributed by atoms with Gasteiger partial charge < -0.3 is 10.1 Å². The molecular formula is C15H23NO4S. The van der Waals surface area contributed by atoms with E-state index >= 15 is 0 Å². The molecule has 0 saturated carbocycles. The molecule has 0 heterocycles. The van der Waals surface area contributed by atoms with Crippen molar-refractivity contribution in [2.75, 3.05) is 25.7 Å². The molecule has 0 aliphatic heterocycles. The molecule has 1 aromatic rings. The molecule has 0 bridgehead atoms. The summed E-state index contributed by atoms with van der Waals surface area (Å²) in [7, 11) is -1.42. The lowest BCUT2D eigenvalue weighted by molar-refractivity contribution is -0.120. The van der Waals surface area contributed by atoms with Crippen molar-refractivity contribution in [3.8, 4) is 5.75 Å². The van der Waals surface area contributed by atoms with Crippen LogP contribution in [0.2, 0.25) is 0 Å². The van der Waals surface area contributed by atoms with Gasteiger partial charge in [0.05, 0.1) is 12.9 Å². The molecule has 118 valence electrons. The van der Waals surface area contributed by atoms with Gasteiger partial charge in [-0.05, 0) is 30.9 Å². The molecule has 0 spiro atoms. The molecule has 0 aromatic heterocycles. The largest absolute Gasteiger partial charge is 0.496 e. The van der Waals surface area contributed by atoms with Crippen LogP contribution in [0, 0.1) is 0 Å². The average Bonchev–Trinajstić information content (AvgIpc) is 2.44. The van der Waals surface area contributed by atoms with E-state index in [1.165, 1.54) is 0 Å². The van der Waals surface area contributed by atoms with Gasteiger partial charge in [0.2, 0.25) is 5.91 Å². The van der Waals surface area contributed by atoms with Crippen molar-refractivity contribution in [1.29, 1.82) is 0 Å². The molecule has 1 amide bonds. The predicted octanol–water partition coefficient (Wildman–Crippen LogP) is 1.57. The van der Waals surface area contributed by atoms with E-state index in [2.05, 4.69) is 5.32 Å². The molecule has 5 nitrogen and oxygen atoms in total. The third-order valence-corrected chi connectivity index (χ3v) is 4.03. The molecule has 1 N–H and O–H groups in total. The van der Waals surface area contributed by atoms with Gasteiger partial charge in [-0.15, -0.1) is 0 Å². The zero-order valence-corrected chi connectivity index (χ0v) is 13.4. The summed E-state index contributed by atoms with van der Waals surface area (Å²) in [4.78, 5) is 11.4. The highest BCUT2D eigenvalue weighted by molar-refractivity contribution is 7.90. The van der Waals surface area contributed by atoms with Crippen molar-refractivity contribution < 1.29 is 17.9 Å². The van der Waals surface area contributed by atoms with Crippen molar-refractivity contribution in [3.05, 3.63) is 29.8 Å². The molecule has 0 radical (unpaired) electrons. The molecule has 0 unspecified atom stereocenters. The fourth-order valence-corrected chi connectivity index (χ4v) is 2.50. The van der Waals surface area contributed by atoms with Gasteiger partial charge in [-0.25, -0.2) is 8.42 Å². The first kappa shape index (κ1) is 17.5. The molecular weight excluding hydrogens is 290 g/mol. The monoisotopic (exact) mass is 313 g/mol. The fourth-order valence-electron chi connectivity index (χ4n) is 1.94. The summed E-state index contributed by atoms with van der Waals surface area (Å²) < 4.78 is 27.2. The minimum Gasteiger partial charge on any atom is -0.496 e. The zero-order valence-electron chi connectivity index (χ0n) is 12.6. The molecule has 0 aliphatic carbocycles. The maximum Gasteiger partial charge on any atom is 0.221 e. The first-order chi connectivity index (χ1) is 9.92. The van der Waals surface area contributed by atoms with Crippen molar-refractivity contribution in [2.24, 2.45) is 0 Å². The zero-order chi connectivity index (χ0) is 15.7. The van der Waals surface area contributed by atoms with E-state index in [9.17, 15) is 13.2 Å². The van der Waals surface area contributed by atoms with Crippen LogP contribution in [0.1, 0.15) is 24.8 Å². The Kier molecular flexibility index (Phi) is 7.22. The number of hydrogen-bond donors (Lipinski definition) is 1. The number of para-hydroxylation sites is 1. The number of methoxy groups -OCH3 is 1. The van der Waals surface area contributed by atoms with E-state index in [4.69, 9.17) is 4.74 Å². The van der Waals surface area contributed by atoms with Gasteiger partial charge in [-0.3, -0.25) is 4.79 Å². The van der Waals surface area contributed by atoms with Crippen molar-refractivity contribution in [3.63, 3.8) is 0 Å². The van der Waals surface area contributed by atoms with Crippen LogP contribution in [-0.2, 0) is 21.1 Å². The smallest absolute Gasteiger partial charge is 0.221 e. The van der Waals surface area contributed by atoms with Crippen LogP contribution in [0.3, 0.4) is 0 Å². The first-order valence-electron chi connectivity index (χ1n) is 6.98. The Morgan fingerprint density at radius 1 is 1.24 bits per heavy atom. The topological polar surface area (TPSA) is 72.5 Å². The number of aryl methyl sites for hydroxylation is 1. The third kappa shape index (κ3) is 7.70. The number of nitrogens with one attached hydrogen (secondary N) is 1. The number of ether oxygens (including phenoxy) is 1. The second kappa shape index (κ2) is 8.67. The number of benzene rings is 1. The highest BCUT2D eigenvalue weighted by atomic mass is 32.2. The van der Waals surface area contributed by atoms with E-state index < -0.39 is 9.84 Å². The molecule has 21 heavy (non-hydrogen) atoms. The molecule has 0 fully saturated rings. The molecule has 0 aliphatic rings. The predicted molar refractivity (Wildman–Crippen MR) is 83.3 cm³/mol. The fraction of sp³-hybridized carbons (Fsp3) is 0.533. The Hall–Kier alpha value is -1.56. The molecule has 6 heteroatoms. The summed E-state index contributed by atoms with van der Waals surface area (Å²) in [6.45, 7) is 0.567. The third-order valence-electron chi connectivity index (χ3n) is 3.09. The minimum atomic E-state index is -3.07. The van der Waals surface area contributed by atoms with Crippen LogP contribution in [0.4, 0.5) is 0 Å². The summed E-state index contributed by atoms with van der Waals surface area (Å²) in [5.74, 6) is 0.576. The maximum atomic E-state index is 11.4. The summed E-state index contributed by atoms with van der Waals surface area (Å²) in [6.07, 6.45) is 3.84. The van der Waals surface area contributed by atoms with Crippen molar-refractivity contribution in [2.45, 2.75) is 25.7 Å². The lowest BCUT2D eigenvalue weighted by atomic mass is 10.1. The second-order valence-corrected chi connectivity index (χ2v) is 7.26. The lowest BCUT2D eigenvalue weighted by Gasteiger charge is -2.08. The number of rotatable bonds is 9. The normalized spacial score (nSPS) is 11.1. The van der Waals surface area contributed by atoms with Gasteiger partial charge in [-0.1, -0.05) is 18.2 Å². The highest BCUT2D eigenvalue weighted by Crippen LogP contribution is 2.19. The van der Waals surface area contributed by atoms with Crippen LogP contribution in [0.5, 0.6) is 5.75 Å². The second-order valence-electron chi connectivity index (χ2n) is 5.00. The molecule has 1 rings (SSSR count). The summed E-state index contributed by atoms with van der Waals surface area (Å²) in [5.41, 5.74) is 1.16. The Bertz CT molecular complexity index is 555. The van der Waals surface area contributed by atoms with Crippen LogP contribution in [-0.4, -0.2) is 40.0 Å². The van der Waals surface area contributed by atoms with Crippen LogP contribution in [0.15, 0.2) is 24.3 Å². The summed E-state index contributed by atoms with van der Waals surface area (Å²) in [5, 5.41) is 2.74. The quantitative estimate of drug-likeness (QED) is 0.702. The molecule has 1 aromatic carbocycles. The van der Waals surface area contributed by atoms with Gasteiger partial charge in [-0.2, -0.15) is 0 Å². The van der Waals surface area contributed by atoms with Crippen molar-refractivity contribution >= 4 is 15.7 Å². The Labute approximate surface area is 126 Å². The van der Waals surface area contributed by atoms with Gasteiger partial charge >= 0.3 is 0 Å². The Morgan fingerprint density at radius 3 is 2.62 bits per heavy atom. The number of carbonyl (C=O) groups is 1. The summed E-state index contributed by atoms with van der Waals surface area (Å²) >= 11 is 0. The van der Waals surface area contributed by atoms with Crippen LogP contribution in [0.25, 0.3) is 0 Å². The molecule has 0 atom stereocenters. The van der Waals surface area contributed by atoms with E-state index in [1.807, 2.05) is 24.3 Å². The van der Waals surface area contributed by atoms with Crippen LogP contribution >= 0.6 is 0 Å². The average molecular weight is 313 g/mol. The van der Waals surface area contributed by atoms with Gasteiger partial charge in [0.15, 0.2) is 0 Å². The number of carbonyl (C=O) groups excluding carboxylic acids is 1. The minimum absolute atomic E-state index is 0.0331. The van der Waals surface area contributed by atoms with Crippen molar-refractivity contribution in [1.82, 2.24) is 5.32 Å².